The van der Waals surface area contributed by atoms with Gasteiger partial charge >= 0.3 is 16.4 Å². The minimum absolute atomic E-state index is 0.0222. The number of anilines is 1. The van der Waals surface area contributed by atoms with Crippen molar-refractivity contribution in [3.63, 3.8) is 0 Å². The van der Waals surface area contributed by atoms with Crippen LogP contribution < -0.4 is 5.73 Å². The molecular weight excluding hydrogens is 352 g/mol. The molecule has 0 aliphatic rings. The van der Waals surface area contributed by atoms with Crippen molar-refractivity contribution in [3.05, 3.63) is 28.5 Å². The SMILES string of the molecule is Cc1cc(Cl)c(-n2nc(C(F)(F)F)nc2N)cc1S(=O)(=O)F. The van der Waals surface area contributed by atoms with Gasteiger partial charge in [-0.3, -0.25) is 0 Å². The summed E-state index contributed by atoms with van der Waals surface area (Å²) in [4.78, 5) is 2.26. The minimum Gasteiger partial charge on any atom is -0.368 e. The summed E-state index contributed by atoms with van der Waals surface area (Å²) in [5, 5.41) is 2.95. The lowest BCUT2D eigenvalue weighted by Crippen LogP contribution is -2.09. The molecular formula is C10H7ClF4N4O2S. The zero-order chi connectivity index (χ0) is 16.9. The molecule has 2 aromatic rings. The third kappa shape index (κ3) is 2.99. The van der Waals surface area contributed by atoms with Crippen LogP contribution >= 0.6 is 11.6 Å². The van der Waals surface area contributed by atoms with Crippen LogP contribution in [0.2, 0.25) is 5.02 Å². The van der Waals surface area contributed by atoms with Gasteiger partial charge in [0.25, 0.3) is 5.82 Å². The van der Waals surface area contributed by atoms with Crippen LogP contribution in [0.4, 0.5) is 23.0 Å². The summed E-state index contributed by atoms with van der Waals surface area (Å²) >= 11 is 5.84. The summed E-state index contributed by atoms with van der Waals surface area (Å²) in [5.41, 5.74) is 4.96. The number of nitrogens with two attached hydrogens (primary N) is 1. The van der Waals surface area contributed by atoms with Crippen molar-refractivity contribution in [2.45, 2.75) is 18.0 Å². The van der Waals surface area contributed by atoms with Gasteiger partial charge in [-0.1, -0.05) is 11.6 Å². The van der Waals surface area contributed by atoms with Gasteiger partial charge in [-0.2, -0.15) is 31.3 Å². The lowest BCUT2D eigenvalue weighted by Gasteiger charge is -2.09. The Morgan fingerprint density at radius 3 is 2.36 bits per heavy atom. The van der Waals surface area contributed by atoms with Crippen LogP contribution in [0.15, 0.2) is 17.0 Å². The topological polar surface area (TPSA) is 90.9 Å². The van der Waals surface area contributed by atoms with Gasteiger partial charge in [0.1, 0.15) is 4.90 Å². The first-order valence-corrected chi connectivity index (χ1v) is 7.22. The number of nitrogens with zero attached hydrogens (tertiary/aromatic N) is 3. The third-order valence-electron chi connectivity index (χ3n) is 2.62. The fourth-order valence-electron chi connectivity index (χ4n) is 1.69. The molecule has 22 heavy (non-hydrogen) atoms. The molecule has 0 fully saturated rings. The molecule has 0 aliphatic heterocycles. The van der Waals surface area contributed by atoms with Crippen LogP contribution in [-0.4, -0.2) is 23.2 Å². The highest BCUT2D eigenvalue weighted by molar-refractivity contribution is 7.86. The fraction of sp³-hybridized carbons (Fsp3) is 0.200. The molecule has 6 nitrogen and oxygen atoms in total. The summed E-state index contributed by atoms with van der Waals surface area (Å²) in [7, 11) is -5.10. The van der Waals surface area contributed by atoms with Crippen LogP contribution in [0.1, 0.15) is 11.4 Å². The van der Waals surface area contributed by atoms with Gasteiger partial charge in [0, 0.05) is 0 Å². The molecule has 12 heteroatoms. The van der Waals surface area contributed by atoms with Crippen molar-refractivity contribution in [3.8, 4) is 5.69 Å². The molecule has 0 spiro atoms. The zero-order valence-electron chi connectivity index (χ0n) is 10.7. The number of rotatable bonds is 2. The zero-order valence-corrected chi connectivity index (χ0v) is 12.3. The highest BCUT2D eigenvalue weighted by atomic mass is 35.5. The predicted molar refractivity (Wildman–Crippen MR) is 68.8 cm³/mol. The van der Waals surface area contributed by atoms with E-state index in [0.717, 1.165) is 12.1 Å². The summed E-state index contributed by atoms with van der Waals surface area (Å²) in [5.74, 6) is -2.22. The Kier molecular flexibility index (Phi) is 3.81. The van der Waals surface area contributed by atoms with Gasteiger partial charge in [-0.25, -0.2) is 0 Å². The van der Waals surface area contributed by atoms with Crippen LogP contribution in [0.5, 0.6) is 0 Å². The van der Waals surface area contributed by atoms with E-state index < -0.39 is 33.1 Å². The molecule has 1 aromatic carbocycles. The molecule has 2 rings (SSSR count). The average Bonchev–Trinajstić information content (AvgIpc) is 2.69. The Balaban J connectivity index is 2.71. The number of benzene rings is 1. The molecule has 0 aliphatic carbocycles. The van der Waals surface area contributed by atoms with E-state index in [4.69, 9.17) is 17.3 Å². The highest BCUT2D eigenvalue weighted by Crippen LogP contribution is 2.32. The van der Waals surface area contributed by atoms with E-state index in [2.05, 4.69) is 10.1 Å². The molecule has 1 aromatic heterocycles. The van der Waals surface area contributed by atoms with Crippen molar-refractivity contribution < 1.29 is 25.5 Å². The molecule has 1 heterocycles. The summed E-state index contributed by atoms with van der Waals surface area (Å²) in [6.45, 7) is 1.27. The Hall–Kier alpha value is -1.88. The van der Waals surface area contributed by atoms with Crippen LogP contribution in [-0.2, 0) is 16.4 Å². The highest BCUT2D eigenvalue weighted by Gasteiger charge is 2.37. The number of halogens is 5. The quantitative estimate of drug-likeness (QED) is 0.658. The third-order valence-corrected chi connectivity index (χ3v) is 3.89. The molecule has 0 bridgehead atoms. The van der Waals surface area contributed by atoms with Crippen molar-refractivity contribution in [2.24, 2.45) is 0 Å². The molecule has 2 N–H and O–H groups in total. The fourth-order valence-corrected chi connectivity index (χ4v) is 2.68. The van der Waals surface area contributed by atoms with E-state index in [1.165, 1.54) is 6.92 Å². The van der Waals surface area contributed by atoms with Crippen molar-refractivity contribution in [1.82, 2.24) is 14.8 Å². The van der Waals surface area contributed by atoms with Crippen molar-refractivity contribution in [1.29, 1.82) is 0 Å². The minimum atomic E-state index is -5.10. The smallest absolute Gasteiger partial charge is 0.368 e. The first kappa shape index (κ1) is 16.5. The molecule has 0 atom stereocenters. The number of nitrogen functional groups attached to an aromatic ring is 1. The second kappa shape index (κ2) is 5.09. The molecule has 0 radical (unpaired) electrons. The Bertz CT molecular complexity index is 847. The van der Waals surface area contributed by atoms with E-state index in [1.54, 1.807) is 0 Å². The van der Waals surface area contributed by atoms with Crippen LogP contribution in [0.3, 0.4) is 0 Å². The summed E-state index contributed by atoms with van der Waals surface area (Å²) in [6, 6.07) is 1.80. The van der Waals surface area contributed by atoms with E-state index >= 15 is 0 Å². The Morgan fingerprint density at radius 2 is 1.91 bits per heavy atom. The maximum Gasteiger partial charge on any atom is 0.453 e. The summed E-state index contributed by atoms with van der Waals surface area (Å²) < 4.78 is 73.4. The Morgan fingerprint density at radius 1 is 1.32 bits per heavy atom. The molecule has 0 saturated heterocycles. The second-order valence-electron chi connectivity index (χ2n) is 4.21. The van der Waals surface area contributed by atoms with Gasteiger partial charge in [0.05, 0.1) is 10.7 Å². The van der Waals surface area contributed by atoms with Crippen molar-refractivity contribution >= 4 is 27.8 Å². The standard InChI is InChI=1S/C10H7ClF4N4O2S/c1-4-2-5(11)6(3-7(4)22(15,20)21)19-9(16)17-8(18-19)10(12,13)14/h2-3H,1H3,(H2,16,17,18). The van der Waals surface area contributed by atoms with E-state index in [9.17, 15) is 25.5 Å². The maximum absolute atomic E-state index is 13.2. The van der Waals surface area contributed by atoms with Gasteiger partial charge in [0.15, 0.2) is 0 Å². The predicted octanol–water partition coefficient (Wildman–Crippen LogP) is 2.49. The Labute approximate surface area is 126 Å². The van der Waals surface area contributed by atoms with Gasteiger partial charge in [-0.05, 0) is 24.6 Å². The first-order chi connectivity index (χ1) is 9.91. The molecule has 0 amide bonds. The van der Waals surface area contributed by atoms with E-state index in [0.29, 0.717) is 4.68 Å². The number of aromatic nitrogens is 3. The van der Waals surface area contributed by atoms with Gasteiger partial charge in [-0.15, -0.1) is 8.98 Å². The van der Waals surface area contributed by atoms with Crippen molar-refractivity contribution in [2.75, 3.05) is 5.73 Å². The van der Waals surface area contributed by atoms with Gasteiger partial charge < -0.3 is 5.73 Å². The lowest BCUT2D eigenvalue weighted by molar-refractivity contribution is -0.144. The van der Waals surface area contributed by atoms with E-state index in [1.807, 2.05) is 0 Å². The summed E-state index contributed by atoms with van der Waals surface area (Å²) in [6.07, 6.45) is -4.86. The number of aryl methyl sites for hydroxylation is 1. The van der Waals surface area contributed by atoms with E-state index in [-0.39, 0.29) is 16.3 Å². The van der Waals surface area contributed by atoms with Gasteiger partial charge in [0.2, 0.25) is 5.95 Å². The number of alkyl halides is 3. The molecule has 0 unspecified atom stereocenters. The maximum atomic E-state index is 13.2. The second-order valence-corrected chi connectivity index (χ2v) is 5.93. The number of hydrogen-bond donors (Lipinski definition) is 1. The number of hydrogen-bond acceptors (Lipinski definition) is 5. The lowest BCUT2D eigenvalue weighted by atomic mass is 10.2. The monoisotopic (exact) mass is 358 g/mol. The molecule has 0 saturated carbocycles. The van der Waals surface area contributed by atoms with Crippen LogP contribution in [0.25, 0.3) is 5.69 Å². The van der Waals surface area contributed by atoms with Crippen LogP contribution in [0, 0.1) is 6.92 Å². The first-order valence-electron chi connectivity index (χ1n) is 5.46. The average molecular weight is 359 g/mol. The molecule has 120 valence electrons. The largest absolute Gasteiger partial charge is 0.453 e. The normalized spacial score (nSPS) is 12.6.